The molecule has 1 aromatic carbocycles. The maximum absolute atomic E-state index is 13.5. The summed E-state index contributed by atoms with van der Waals surface area (Å²) in [7, 11) is 0. The van der Waals surface area contributed by atoms with Gasteiger partial charge in [-0.25, -0.2) is 9.37 Å². The van der Waals surface area contributed by atoms with Gasteiger partial charge in [-0.1, -0.05) is 6.07 Å². The first kappa shape index (κ1) is 12.1. The molecule has 0 radical (unpaired) electrons. The predicted octanol–water partition coefficient (Wildman–Crippen LogP) is 1.99. The Hall–Kier alpha value is -1.72. The summed E-state index contributed by atoms with van der Waals surface area (Å²) in [5.74, 6) is -0.277. The van der Waals surface area contributed by atoms with Gasteiger partial charge in [0.1, 0.15) is 5.82 Å². The Labute approximate surface area is 115 Å². The molecule has 1 saturated heterocycles. The first-order valence-corrected chi connectivity index (χ1v) is 6.83. The van der Waals surface area contributed by atoms with E-state index in [1.165, 1.54) is 6.07 Å². The zero-order valence-electron chi connectivity index (χ0n) is 10.9. The maximum Gasteiger partial charge on any atom is 0.123 e. The molecule has 4 rings (SSSR count). The molecular formula is C15H15FN2O2. The summed E-state index contributed by atoms with van der Waals surface area (Å²) >= 11 is 0. The third-order valence-electron chi connectivity index (χ3n) is 4.34. The zero-order chi connectivity index (χ0) is 13.7. The van der Waals surface area contributed by atoms with E-state index in [0.29, 0.717) is 19.6 Å². The fourth-order valence-electron chi connectivity index (χ4n) is 3.38. The van der Waals surface area contributed by atoms with Crippen LogP contribution < -0.4 is 0 Å². The lowest BCUT2D eigenvalue weighted by atomic mass is 9.86. The molecule has 0 bridgehead atoms. The Kier molecular flexibility index (Phi) is 2.65. The second-order valence-corrected chi connectivity index (χ2v) is 5.46. The van der Waals surface area contributed by atoms with Crippen LogP contribution in [0.3, 0.4) is 0 Å². The highest BCUT2D eigenvalue weighted by molar-refractivity contribution is 5.69. The van der Waals surface area contributed by atoms with E-state index in [1.807, 2.05) is 10.6 Å². The van der Waals surface area contributed by atoms with E-state index in [1.54, 1.807) is 18.6 Å². The van der Waals surface area contributed by atoms with Crippen LogP contribution in [0, 0.1) is 11.7 Å². The van der Waals surface area contributed by atoms with Crippen molar-refractivity contribution in [3.8, 4) is 11.3 Å². The van der Waals surface area contributed by atoms with Gasteiger partial charge in [-0.3, -0.25) is 0 Å². The molecule has 0 unspecified atom stereocenters. The highest BCUT2D eigenvalue weighted by atomic mass is 19.1. The molecule has 5 heteroatoms. The van der Waals surface area contributed by atoms with Gasteiger partial charge in [0, 0.05) is 18.1 Å². The number of aromatic nitrogens is 2. The highest BCUT2D eigenvalue weighted by Gasteiger charge is 2.39. The number of benzene rings is 1. The molecule has 1 aromatic heterocycles. The van der Waals surface area contributed by atoms with Crippen molar-refractivity contribution in [2.75, 3.05) is 13.2 Å². The summed E-state index contributed by atoms with van der Waals surface area (Å²) in [6.45, 7) is 1.11. The standard InChI is InChI=1S/C15H15FN2O2/c16-9-1-2-10-11(5-9)13-6-17-8-18(13)15(10)12-7-20-4-3-14(12)19/h1-2,5-6,8,12,14-15,19H,3-4,7H2/t12-,14-,15-/m1/s1. The first-order chi connectivity index (χ1) is 9.75. The van der Waals surface area contributed by atoms with Crippen molar-refractivity contribution in [3.05, 3.63) is 42.1 Å². The predicted molar refractivity (Wildman–Crippen MR) is 70.7 cm³/mol. The monoisotopic (exact) mass is 274 g/mol. The van der Waals surface area contributed by atoms with E-state index in [4.69, 9.17) is 4.74 Å². The third-order valence-corrected chi connectivity index (χ3v) is 4.34. The van der Waals surface area contributed by atoms with Crippen LogP contribution in [0.25, 0.3) is 11.3 Å². The molecule has 0 amide bonds. The van der Waals surface area contributed by atoms with E-state index in [9.17, 15) is 9.50 Å². The van der Waals surface area contributed by atoms with Gasteiger partial charge in [-0.05, 0) is 24.1 Å². The van der Waals surface area contributed by atoms with Crippen LogP contribution in [0.15, 0.2) is 30.7 Å². The van der Waals surface area contributed by atoms with Gasteiger partial charge in [0.15, 0.2) is 0 Å². The van der Waals surface area contributed by atoms with Crippen LogP contribution >= 0.6 is 0 Å². The van der Waals surface area contributed by atoms with Gasteiger partial charge in [0.2, 0.25) is 0 Å². The highest BCUT2D eigenvalue weighted by Crippen LogP contribution is 2.45. The number of halogens is 1. The minimum atomic E-state index is -0.403. The van der Waals surface area contributed by atoms with Crippen LogP contribution in [-0.2, 0) is 4.74 Å². The first-order valence-electron chi connectivity index (χ1n) is 6.83. The van der Waals surface area contributed by atoms with Crippen LogP contribution in [0.4, 0.5) is 4.39 Å². The van der Waals surface area contributed by atoms with Gasteiger partial charge in [0.05, 0.1) is 37.0 Å². The van der Waals surface area contributed by atoms with Crippen LogP contribution in [0.5, 0.6) is 0 Å². The van der Waals surface area contributed by atoms with E-state index in [-0.39, 0.29) is 17.8 Å². The van der Waals surface area contributed by atoms with Crippen molar-refractivity contribution in [3.63, 3.8) is 0 Å². The fraction of sp³-hybridized carbons (Fsp3) is 0.400. The summed E-state index contributed by atoms with van der Waals surface area (Å²) < 4.78 is 21.1. The van der Waals surface area contributed by atoms with Gasteiger partial charge in [-0.2, -0.15) is 0 Å². The fourth-order valence-corrected chi connectivity index (χ4v) is 3.38. The van der Waals surface area contributed by atoms with Crippen molar-refractivity contribution in [1.29, 1.82) is 0 Å². The maximum atomic E-state index is 13.5. The SMILES string of the molecule is O[C@@H]1CCOC[C@H]1[C@H]1c2ccc(F)cc2-c2cncn21. The number of fused-ring (bicyclic) bond motifs is 3. The van der Waals surface area contributed by atoms with Gasteiger partial charge < -0.3 is 14.4 Å². The molecule has 3 heterocycles. The summed E-state index contributed by atoms with van der Waals surface area (Å²) in [6.07, 6.45) is 3.73. The molecule has 104 valence electrons. The molecular weight excluding hydrogens is 259 g/mol. The molecule has 2 aliphatic heterocycles. The van der Waals surface area contributed by atoms with Crippen molar-refractivity contribution in [1.82, 2.24) is 9.55 Å². The Morgan fingerprint density at radius 2 is 2.30 bits per heavy atom. The molecule has 20 heavy (non-hydrogen) atoms. The van der Waals surface area contributed by atoms with Crippen molar-refractivity contribution in [2.24, 2.45) is 5.92 Å². The summed E-state index contributed by atoms with van der Waals surface area (Å²) in [4.78, 5) is 4.16. The number of hydrogen-bond donors (Lipinski definition) is 1. The normalized spacial score (nSPS) is 28.2. The zero-order valence-corrected chi connectivity index (χ0v) is 10.9. The van der Waals surface area contributed by atoms with E-state index in [2.05, 4.69) is 4.98 Å². The average Bonchev–Trinajstić information content (AvgIpc) is 3.00. The van der Waals surface area contributed by atoms with E-state index < -0.39 is 6.10 Å². The average molecular weight is 274 g/mol. The topological polar surface area (TPSA) is 47.3 Å². The lowest BCUT2D eigenvalue weighted by molar-refractivity contribution is -0.0481. The minimum Gasteiger partial charge on any atom is -0.393 e. The van der Waals surface area contributed by atoms with E-state index in [0.717, 1.165) is 16.8 Å². The number of aliphatic hydroxyl groups excluding tert-OH is 1. The molecule has 2 aromatic rings. The van der Waals surface area contributed by atoms with E-state index >= 15 is 0 Å². The Balaban J connectivity index is 1.85. The van der Waals surface area contributed by atoms with Crippen molar-refractivity contribution in [2.45, 2.75) is 18.6 Å². The van der Waals surface area contributed by atoms with Crippen molar-refractivity contribution < 1.29 is 14.2 Å². The summed E-state index contributed by atoms with van der Waals surface area (Å²) in [5, 5.41) is 10.3. The summed E-state index contributed by atoms with van der Waals surface area (Å²) in [6, 6.07) is 4.79. The molecule has 1 N–H and O–H groups in total. The quantitative estimate of drug-likeness (QED) is 0.865. The smallest absolute Gasteiger partial charge is 0.123 e. The Morgan fingerprint density at radius 3 is 3.15 bits per heavy atom. The number of ether oxygens (including phenoxy) is 1. The number of rotatable bonds is 1. The molecule has 0 spiro atoms. The molecule has 0 saturated carbocycles. The third kappa shape index (κ3) is 1.63. The van der Waals surface area contributed by atoms with Gasteiger partial charge in [-0.15, -0.1) is 0 Å². The molecule has 4 nitrogen and oxygen atoms in total. The number of nitrogens with zero attached hydrogens (tertiary/aromatic N) is 2. The lowest BCUT2D eigenvalue weighted by Crippen LogP contribution is -2.37. The van der Waals surface area contributed by atoms with Gasteiger partial charge in [0.25, 0.3) is 0 Å². The second-order valence-electron chi connectivity index (χ2n) is 5.46. The molecule has 1 fully saturated rings. The molecule has 0 aliphatic carbocycles. The number of imidazole rings is 1. The minimum absolute atomic E-state index is 0.0246. The largest absolute Gasteiger partial charge is 0.393 e. The molecule has 3 atom stereocenters. The Bertz CT molecular complexity index is 655. The second kappa shape index (κ2) is 4.40. The summed E-state index contributed by atoms with van der Waals surface area (Å²) in [5.41, 5.74) is 2.81. The van der Waals surface area contributed by atoms with Crippen LogP contribution in [-0.4, -0.2) is 34.0 Å². The van der Waals surface area contributed by atoms with Crippen molar-refractivity contribution >= 4 is 0 Å². The number of hydrogen-bond acceptors (Lipinski definition) is 3. The van der Waals surface area contributed by atoms with Crippen LogP contribution in [0.1, 0.15) is 18.0 Å². The molecule has 2 aliphatic rings. The Morgan fingerprint density at radius 1 is 1.40 bits per heavy atom. The number of aliphatic hydroxyl groups is 1. The van der Waals surface area contributed by atoms with Gasteiger partial charge >= 0.3 is 0 Å². The lowest BCUT2D eigenvalue weighted by Gasteiger charge is -2.33. The van der Waals surface area contributed by atoms with Crippen LogP contribution in [0.2, 0.25) is 0 Å².